The Bertz CT molecular complexity index is 463. The highest BCUT2D eigenvalue weighted by atomic mass is 32.2. The number of hydrogen-bond donors (Lipinski definition) is 0. The summed E-state index contributed by atoms with van der Waals surface area (Å²) in [4.78, 5) is 0.621. The molecule has 0 amide bonds. The molecule has 0 spiro atoms. The van der Waals surface area contributed by atoms with Crippen LogP contribution in [0.25, 0.3) is 0 Å². The molecule has 1 rings (SSSR count). The molecule has 1 atom stereocenters. The molecule has 0 aliphatic rings. The molecule has 1 aromatic rings. The van der Waals surface area contributed by atoms with Gasteiger partial charge in [0, 0.05) is 0 Å². The van der Waals surface area contributed by atoms with E-state index in [9.17, 15) is 4.21 Å². The molecular weight excluding hydrogens is 222 g/mol. The lowest BCUT2D eigenvalue weighted by Crippen LogP contribution is -2.15. The average Bonchev–Trinajstić information content (AvgIpc) is 2.16. The van der Waals surface area contributed by atoms with Crippen LogP contribution in [0.3, 0.4) is 0 Å². The Morgan fingerprint density at radius 1 is 1.19 bits per heavy atom. The van der Waals surface area contributed by atoms with Crippen LogP contribution in [0.2, 0.25) is 0 Å². The predicted molar refractivity (Wildman–Crippen MR) is 66.8 cm³/mol. The maximum Gasteiger partial charge on any atom is 0.193 e. The van der Waals surface area contributed by atoms with Gasteiger partial charge in [0.05, 0.1) is 17.5 Å². The third-order valence-electron chi connectivity index (χ3n) is 1.94. The summed E-state index contributed by atoms with van der Waals surface area (Å²) in [6, 6.07) is 7.42. The van der Waals surface area contributed by atoms with Crippen LogP contribution in [0.1, 0.15) is 26.3 Å². The fourth-order valence-electron chi connectivity index (χ4n) is 1.26. The molecule has 0 saturated carbocycles. The summed E-state index contributed by atoms with van der Waals surface area (Å²) in [5, 5.41) is 0. The third-order valence-corrected chi connectivity index (χ3v) is 4.05. The molecule has 0 saturated heterocycles. The van der Waals surface area contributed by atoms with E-state index in [1.54, 1.807) is 12.1 Å². The second-order valence-corrected chi connectivity index (χ2v) is 6.65. The van der Waals surface area contributed by atoms with E-state index >= 15 is 0 Å². The van der Waals surface area contributed by atoms with Gasteiger partial charge in [0.1, 0.15) is 0 Å². The van der Waals surface area contributed by atoms with Gasteiger partial charge in [-0.15, -0.1) is 0 Å². The lowest BCUT2D eigenvalue weighted by atomic mass is 10.1. The Kier molecular flexibility index (Phi) is 3.76. The van der Waals surface area contributed by atoms with Crippen LogP contribution in [0.5, 0.6) is 0 Å². The highest BCUT2D eigenvalue weighted by molar-refractivity contribution is 7.89. The van der Waals surface area contributed by atoms with E-state index in [-0.39, 0.29) is 0 Å². The van der Waals surface area contributed by atoms with Crippen molar-refractivity contribution in [3.05, 3.63) is 29.8 Å². The summed E-state index contributed by atoms with van der Waals surface area (Å²) < 4.78 is 21.9. The lowest BCUT2D eigenvalue weighted by Gasteiger charge is -2.16. The van der Waals surface area contributed by atoms with Crippen molar-refractivity contribution in [3.8, 4) is 0 Å². The first-order valence-electron chi connectivity index (χ1n) is 5.17. The van der Waals surface area contributed by atoms with E-state index in [1.807, 2.05) is 39.8 Å². The summed E-state index contributed by atoms with van der Waals surface area (Å²) in [5.41, 5.74) is 0.732. The van der Waals surface area contributed by atoms with Crippen molar-refractivity contribution in [2.45, 2.75) is 38.1 Å². The van der Waals surface area contributed by atoms with Gasteiger partial charge in [0.2, 0.25) is 0 Å². The van der Waals surface area contributed by atoms with Crippen molar-refractivity contribution < 1.29 is 8.39 Å². The van der Waals surface area contributed by atoms with Crippen LogP contribution in [-0.2, 0) is 14.2 Å². The van der Waals surface area contributed by atoms with Gasteiger partial charge < -0.3 is 0 Å². The van der Waals surface area contributed by atoms with Gasteiger partial charge in [-0.25, -0.2) is 8.57 Å². The van der Waals surface area contributed by atoms with Gasteiger partial charge in [0.25, 0.3) is 0 Å². The van der Waals surface area contributed by atoms with Crippen LogP contribution in [-0.4, -0.2) is 16.9 Å². The van der Waals surface area contributed by atoms with E-state index in [0.29, 0.717) is 4.90 Å². The van der Waals surface area contributed by atoms with Crippen LogP contribution >= 0.6 is 0 Å². The number of aryl methyl sites for hydroxylation is 1. The molecule has 1 aromatic carbocycles. The molecule has 0 unspecified atom stereocenters. The molecule has 90 valence electrons. The molecular formula is C12H19NO2S. The van der Waals surface area contributed by atoms with Crippen molar-refractivity contribution >= 4 is 10.0 Å². The minimum Gasteiger partial charge on any atom is -0.285 e. The zero-order valence-corrected chi connectivity index (χ0v) is 11.3. The molecule has 0 bridgehead atoms. The van der Waals surface area contributed by atoms with Crippen LogP contribution in [0.15, 0.2) is 33.5 Å². The van der Waals surface area contributed by atoms with Crippen LogP contribution in [0, 0.1) is 6.92 Å². The summed E-state index contributed by atoms with van der Waals surface area (Å²) in [6.45, 7) is 7.69. The summed E-state index contributed by atoms with van der Waals surface area (Å²) in [7, 11) is -1.33. The zero-order valence-electron chi connectivity index (χ0n) is 10.5. The Morgan fingerprint density at radius 3 is 2.06 bits per heavy atom. The third kappa shape index (κ3) is 3.32. The monoisotopic (exact) mass is 241 g/mol. The fraction of sp³-hybridized carbons (Fsp3) is 0.500. The molecule has 0 N–H and O–H groups in total. The molecule has 0 fully saturated rings. The van der Waals surface area contributed by atoms with Crippen molar-refractivity contribution in [1.82, 2.24) is 0 Å². The van der Waals surface area contributed by atoms with Crippen molar-refractivity contribution in [3.63, 3.8) is 0 Å². The first-order valence-corrected chi connectivity index (χ1v) is 6.61. The van der Waals surface area contributed by atoms with Gasteiger partial charge >= 0.3 is 0 Å². The van der Waals surface area contributed by atoms with E-state index in [0.717, 1.165) is 5.56 Å². The minimum absolute atomic E-state index is 0.391. The van der Waals surface area contributed by atoms with E-state index in [4.69, 9.17) is 4.18 Å². The van der Waals surface area contributed by atoms with E-state index in [2.05, 4.69) is 4.36 Å². The SMILES string of the molecule is CO[S@@](=O)(=NC(C)(C)C)c1ccc(C)cc1. The molecule has 0 aliphatic heterocycles. The number of nitrogens with zero attached hydrogens (tertiary/aromatic N) is 1. The van der Waals surface area contributed by atoms with Crippen LogP contribution < -0.4 is 0 Å². The molecule has 0 aromatic heterocycles. The number of rotatable bonds is 2. The van der Waals surface area contributed by atoms with Gasteiger partial charge in [-0.2, -0.15) is 0 Å². The molecule has 3 nitrogen and oxygen atoms in total. The first-order chi connectivity index (χ1) is 7.27. The van der Waals surface area contributed by atoms with Crippen molar-refractivity contribution in [2.75, 3.05) is 7.11 Å². The zero-order chi connectivity index (χ0) is 12.4. The van der Waals surface area contributed by atoms with Gasteiger partial charge in [-0.1, -0.05) is 17.7 Å². The van der Waals surface area contributed by atoms with Crippen molar-refractivity contribution in [2.24, 2.45) is 4.36 Å². The molecule has 0 radical (unpaired) electrons. The first kappa shape index (κ1) is 13.2. The number of hydrogen-bond acceptors (Lipinski definition) is 3. The van der Waals surface area contributed by atoms with Crippen LogP contribution in [0.4, 0.5) is 0 Å². The second kappa shape index (κ2) is 4.55. The Hall–Kier alpha value is -0.870. The molecule has 4 heteroatoms. The van der Waals surface area contributed by atoms with E-state index in [1.165, 1.54) is 7.11 Å². The predicted octanol–water partition coefficient (Wildman–Crippen LogP) is 3.18. The smallest absolute Gasteiger partial charge is 0.193 e. The highest BCUT2D eigenvalue weighted by Gasteiger charge is 2.17. The Balaban J connectivity index is 3.32. The van der Waals surface area contributed by atoms with Crippen molar-refractivity contribution in [1.29, 1.82) is 0 Å². The van der Waals surface area contributed by atoms with E-state index < -0.39 is 15.5 Å². The maximum absolute atomic E-state index is 12.5. The molecule has 0 heterocycles. The fourth-order valence-corrected chi connectivity index (χ4v) is 2.83. The highest BCUT2D eigenvalue weighted by Crippen LogP contribution is 2.20. The number of benzene rings is 1. The maximum atomic E-state index is 12.5. The summed E-state index contributed by atoms with van der Waals surface area (Å²) >= 11 is 0. The van der Waals surface area contributed by atoms with Gasteiger partial charge in [-0.3, -0.25) is 4.18 Å². The standard InChI is InChI=1S/C12H19NO2S/c1-10-6-8-11(9-7-10)16(14,15-5)13-12(2,3)4/h6-9H,1-5H3/t16-/m1/s1. The largest absolute Gasteiger partial charge is 0.285 e. The quantitative estimate of drug-likeness (QED) is 0.797. The molecule has 16 heavy (non-hydrogen) atoms. The average molecular weight is 241 g/mol. The summed E-state index contributed by atoms with van der Waals surface area (Å²) in [6.07, 6.45) is 0. The normalized spacial score (nSPS) is 15.6. The Morgan fingerprint density at radius 2 is 1.69 bits per heavy atom. The van der Waals surface area contributed by atoms with Gasteiger partial charge in [0.15, 0.2) is 10.0 Å². The molecule has 0 aliphatic carbocycles. The second-order valence-electron chi connectivity index (χ2n) is 4.72. The topological polar surface area (TPSA) is 38.7 Å². The minimum atomic E-state index is -2.76. The Labute approximate surface area is 98.2 Å². The lowest BCUT2D eigenvalue weighted by molar-refractivity contribution is 0.427. The summed E-state index contributed by atoms with van der Waals surface area (Å²) in [5.74, 6) is 0. The van der Waals surface area contributed by atoms with Gasteiger partial charge in [-0.05, 0) is 39.8 Å².